The van der Waals surface area contributed by atoms with Crippen LogP contribution in [0.4, 0.5) is 5.82 Å². The summed E-state index contributed by atoms with van der Waals surface area (Å²) in [4.78, 5) is 4.30. The number of nitrogens with zero attached hydrogens (tertiary/aromatic N) is 2. The molecule has 16 heavy (non-hydrogen) atoms. The van der Waals surface area contributed by atoms with Crippen LogP contribution in [-0.4, -0.2) is 22.3 Å². The number of methoxy groups -OCH3 is 1. The fraction of sp³-hybridized carbons (Fsp3) is 0.0909. The van der Waals surface area contributed by atoms with Gasteiger partial charge < -0.3 is 10.5 Å². The quantitative estimate of drug-likeness (QED) is 0.646. The van der Waals surface area contributed by atoms with Crippen molar-refractivity contribution >= 4 is 27.6 Å². The largest absolute Gasteiger partial charge is 0.479 e. The van der Waals surface area contributed by atoms with E-state index in [2.05, 4.69) is 15.2 Å². The molecule has 5 nitrogen and oxygen atoms in total. The van der Waals surface area contributed by atoms with Crippen molar-refractivity contribution < 1.29 is 4.74 Å². The number of hydrogen-bond acceptors (Lipinski definition) is 4. The summed E-state index contributed by atoms with van der Waals surface area (Å²) in [5, 5.41) is 8.76. The van der Waals surface area contributed by atoms with Crippen LogP contribution in [-0.2, 0) is 0 Å². The second kappa shape index (κ2) is 3.10. The normalized spacial score (nSPS) is 11.1. The molecule has 0 fully saturated rings. The molecule has 0 aliphatic rings. The second-order valence-electron chi connectivity index (χ2n) is 3.50. The molecular weight excluding hydrogens is 204 g/mol. The van der Waals surface area contributed by atoms with E-state index in [9.17, 15) is 0 Å². The van der Waals surface area contributed by atoms with E-state index in [4.69, 9.17) is 10.5 Å². The Morgan fingerprint density at radius 2 is 2.12 bits per heavy atom. The van der Waals surface area contributed by atoms with Crippen molar-refractivity contribution in [3.8, 4) is 5.88 Å². The van der Waals surface area contributed by atoms with Crippen molar-refractivity contribution in [2.45, 2.75) is 0 Å². The molecule has 1 aromatic carbocycles. The van der Waals surface area contributed by atoms with Crippen LogP contribution in [0.3, 0.4) is 0 Å². The number of benzene rings is 1. The molecule has 3 rings (SSSR count). The van der Waals surface area contributed by atoms with Gasteiger partial charge in [0.2, 0.25) is 5.88 Å². The van der Waals surface area contributed by atoms with E-state index in [-0.39, 0.29) is 0 Å². The number of aromatic amines is 1. The summed E-state index contributed by atoms with van der Waals surface area (Å²) in [6.07, 6.45) is 0. The minimum Gasteiger partial charge on any atom is -0.479 e. The van der Waals surface area contributed by atoms with Crippen molar-refractivity contribution in [2.75, 3.05) is 12.8 Å². The smallest absolute Gasteiger partial charge is 0.241 e. The third kappa shape index (κ3) is 1.05. The number of H-pyrrole nitrogens is 1. The number of ether oxygens (including phenoxy) is 1. The Bertz CT molecular complexity index is 674. The van der Waals surface area contributed by atoms with Gasteiger partial charge in [-0.05, 0) is 6.07 Å². The zero-order chi connectivity index (χ0) is 11.1. The lowest BCUT2D eigenvalue weighted by atomic mass is 10.1. The molecule has 0 unspecified atom stereocenters. The molecule has 5 heteroatoms. The van der Waals surface area contributed by atoms with Crippen molar-refractivity contribution in [2.24, 2.45) is 0 Å². The minimum atomic E-state index is 0.435. The number of anilines is 1. The van der Waals surface area contributed by atoms with Gasteiger partial charge in [-0.1, -0.05) is 18.2 Å². The third-order valence-electron chi connectivity index (χ3n) is 2.60. The van der Waals surface area contributed by atoms with Crippen molar-refractivity contribution in [1.82, 2.24) is 15.2 Å². The Hall–Kier alpha value is -2.30. The van der Waals surface area contributed by atoms with Crippen LogP contribution in [0.1, 0.15) is 0 Å². The number of fused-ring (bicyclic) bond motifs is 3. The molecule has 0 amide bonds. The molecule has 3 aromatic rings. The SMILES string of the molecule is COc1n[nH]c2c(N)nc3ccccc3c12. The molecule has 0 spiro atoms. The van der Waals surface area contributed by atoms with Gasteiger partial charge in [0.1, 0.15) is 11.3 Å². The first-order valence-corrected chi connectivity index (χ1v) is 4.87. The van der Waals surface area contributed by atoms with E-state index in [0.717, 1.165) is 21.8 Å². The Balaban J connectivity index is 2.59. The van der Waals surface area contributed by atoms with Crippen LogP contribution in [0.15, 0.2) is 24.3 Å². The highest BCUT2D eigenvalue weighted by Gasteiger charge is 2.13. The third-order valence-corrected chi connectivity index (χ3v) is 2.60. The van der Waals surface area contributed by atoms with Gasteiger partial charge in [0.05, 0.1) is 18.0 Å². The number of nitrogen functional groups attached to an aromatic ring is 1. The Kier molecular flexibility index (Phi) is 1.73. The van der Waals surface area contributed by atoms with Gasteiger partial charge in [-0.25, -0.2) is 4.98 Å². The van der Waals surface area contributed by atoms with Gasteiger partial charge in [0.15, 0.2) is 0 Å². The lowest BCUT2D eigenvalue weighted by molar-refractivity contribution is 0.401. The van der Waals surface area contributed by atoms with E-state index in [1.165, 1.54) is 0 Å². The van der Waals surface area contributed by atoms with Gasteiger partial charge in [0.25, 0.3) is 0 Å². The van der Waals surface area contributed by atoms with E-state index in [1.54, 1.807) is 7.11 Å². The molecular formula is C11H10N4O. The Labute approximate surface area is 91.2 Å². The highest BCUT2D eigenvalue weighted by molar-refractivity contribution is 6.10. The molecule has 0 saturated carbocycles. The standard InChI is InChI=1S/C11H10N4O/c1-16-11-8-6-4-2-3-5-7(6)13-10(12)9(8)14-15-11/h2-5H,1H3,(H2,12,13)(H,14,15). The van der Waals surface area contributed by atoms with Crippen LogP contribution >= 0.6 is 0 Å². The van der Waals surface area contributed by atoms with E-state index >= 15 is 0 Å². The maximum atomic E-state index is 5.85. The molecule has 0 atom stereocenters. The summed E-state index contributed by atoms with van der Waals surface area (Å²) < 4.78 is 5.20. The molecule has 0 aliphatic heterocycles. The first kappa shape index (κ1) is 8.96. The lowest BCUT2D eigenvalue weighted by Crippen LogP contribution is -1.92. The van der Waals surface area contributed by atoms with E-state index in [0.29, 0.717) is 11.7 Å². The summed E-state index contributed by atoms with van der Waals surface area (Å²) in [7, 11) is 1.58. The van der Waals surface area contributed by atoms with E-state index < -0.39 is 0 Å². The maximum absolute atomic E-state index is 5.85. The summed E-state index contributed by atoms with van der Waals surface area (Å²) in [5.41, 5.74) is 7.41. The van der Waals surface area contributed by atoms with Crippen molar-refractivity contribution in [3.05, 3.63) is 24.3 Å². The van der Waals surface area contributed by atoms with Gasteiger partial charge in [-0.15, -0.1) is 5.10 Å². The number of nitrogens with two attached hydrogens (primary N) is 1. The van der Waals surface area contributed by atoms with Crippen LogP contribution in [0, 0.1) is 0 Å². The van der Waals surface area contributed by atoms with Gasteiger partial charge >= 0.3 is 0 Å². The Morgan fingerprint density at radius 3 is 2.94 bits per heavy atom. The van der Waals surface area contributed by atoms with Crippen molar-refractivity contribution in [3.63, 3.8) is 0 Å². The molecule has 0 radical (unpaired) electrons. The number of rotatable bonds is 1. The van der Waals surface area contributed by atoms with Crippen LogP contribution in [0.25, 0.3) is 21.8 Å². The minimum absolute atomic E-state index is 0.435. The molecule has 3 N–H and O–H groups in total. The average Bonchev–Trinajstić information content (AvgIpc) is 2.74. The maximum Gasteiger partial charge on any atom is 0.241 e. The predicted molar refractivity (Wildman–Crippen MR) is 62.4 cm³/mol. The summed E-state index contributed by atoms with van der Waals surface area (Å²) in [6, 6.07) is 7.76. The molecule has 2 heterocycles. The molecule has 80 valence electrons. The lowest BCUT2D eigenvalue weighted by Gasteiger charge is -2.02. The molecule has 0 bridgehead atoms. The zero-order valence-corrected chi connectivity index (χ0v) is 8.69. The topological polar surface area (TPSA) is 76.8 Å². The number of hydrogen-bond donors (Lipinski definition) is 2. The van der Waals surface area contributed by atoms with Crippen LogP contribution in [0.2, 0.25) is 0 Å². The fourth-order valence-corrected chi connectivity index (χ4v) is 1.88. The van der Waals surface area contributed by atoms with Gasteiger partial charge in [-0.2, -0.15) is 0 Å². The summed E-state index contributed by atoms with van der Waals surface area (Å²) >= 11 is 0. The molecule has 0 saturated heterocycles. The first-order chi connectivity index (χ1) is 7.81. The fourth-order valence-electron chi connectivity index (χ4n) is 1.88. The highest BCUT2D eigenvalue weighted by atomic mass is 16.5. The van der Waals surface area contributed by atoms with Gasteiger partial charge in [0, 0.05) is 5.39 Å². The summed E-state index contributed by atoms with van der Waals surface area (Å²) in [5.74, 6) is 0.977. The van der Waals surface area contributed by atoms with Crippen molar-refractivity contribution in [1.29, 1.82) is 0 Å². The number of para-hydroxylation sites is 1. The molecule has 2 aromatic heterocycles. The van der Waals surface area contributed by atoms with Crippen LogP contribution < -0.4 is 10.5 Å². The second-order valence-corrected chi connectivity index (χ2v) is 3.50. The van der Waals surface area contributed by atoms with Crippen LogP contribution in [0.5, 0.6) is 5.88 Å². The Morgan fingerprint density at radius 1 is 1.31 bits per heavy atom. The zero-order valence-electron chi connectivity index (χ0n) is 8.69. The highest BCUT2D eigenvalue weighted by Crippen LogP contribution is 2.32. The van der Waals surface area contributed by atoms with E-state index in [1.807, 2.05) is 24.3 Å². The first-order valence-electron chi connectivity index (χ1n) is 4.87. The monoisotopic (exact) mass is 214 g/mol. The number of pyridine rings is 1. The van der Waals surface area contributed by atoms with Gasteiger partial charge in [-0.3, -0.25) is 5.10 Å². The average molecular weight is 214 g/mol. The predicted octanol–water partition coefficient (Wildman–Crippen LogP) is 1.70. The number of aromatic nitrogens is 3. The number of nitrogens with one attached hydrogen (secondary N) is 1. The molecule has 0 aliphatic carbocycles. The summed E-state index contributed by atoms with van der Waals surface area (Å²) in [6.45, 7) is 0.